The average Bonchev–Trinajstić information content (AvgIpc) is 2.66. The normalized spacial score (nSPS) is 12.8. The van der Waals surface area contributed by atoms with Crippen molar-refractivity contribution < 1.29 is 4.74 Å². The molecule has 1 rings (SSSR count). The van der Waals surface area contributed by atoms with Crippen molar-refractivity contribution in [1.29, 1.82) is 0 Å². The topological polar surface area (TPSA) is 39.1 Å². The second kappa shape index (κ2) is 6.81. The standard InChI is InChI=1S/C11H21N3OS/c1-5-6-16-8-9(12-2)11-10(15-4)7-13-14(11)3/h7,9,12H,5-6,8H2,1-4H3. The molecule has 1 heterocycles. The van der Waals surface area contributed by atoms with Gasteiger partial charge >= 0.3 is 0 Å². The third-order valence-corrected chi connectivity index (χ3v) is 3.75. The first kappa shape index (κ1) is 13.4. The zero-order chi connectivity index (χ0) is 12.0. The van der Waals surface area contributed by atoms with E-state index in [-0.39, 0.29) is 0 Å². The van der Waals surface area contributed by atoms with Crippen LogP contribution in [-0.4, -0.2) is 35.4 Å². The summed E-state index contributed by atoms with van der Waals surface area (Å²) in [5.41, 5.74) is 1.12. The zero-order valence-electron chi connectivity index (χ0n) is 10.5. The summed E-state index contributed by atoms with van der Waals surface area (Å²) in [5.74, 6) is 3.09. The smallest absolute Gasteiger partial charge is 0.161 e. The van der Waals surface area contributed by atoms with E-state index in [9.17, 15) is 0 Å². The summed E-state index contributed by atoms with van der Waals surface area (Å²) in [4.78, 5) is 0. The molecule has 0 amide bonds. The highest BCUT2D eigenvalue weighted by atomic mass is 32.2. The van der Waals surface area contributed by atoms with E-state index in [1.54, 1.807) is 13.3 Å². The van der Waals surface area contributed by atoms with E-state index < -0.39 is 0 Å². The lowest BCUT2D eigenvalue weighted by Crippen LogP contribution is -2.22. The summed E-state index contributed by atoms with van der Waals surface area (Å²) in [6.07, 6.45) is 2.98. The van der Waals surface area contributed by atoms with Crippen LogP contribution in [0.5, 0.6) is 5.75 Å². The molecule has 0 saturated heterocycles. The van der Waals surface area contributed by atoms with Crippen LogP contribution in [-0.2, 0) is 7.05 Å². The first-order chi connectivity index (χ1) is 7.74. The Labute approximate surface area is 102 Å². The Hall–Kier alpha value is -0.680. The molecule has 0 aliphatic rings. The van der Waals surface area contributed by atoms with Crippen LogP contribution in [0, 0.1) is 0 Å². The number of hydrogen-bond acceptors (Lipinski definition) is 4. The number of hydrogen-bond donors (Lipinski definition) is 1. The highest BCUT2D eigenvalue weighted by Gasteiger charge is 2.18. The summed E-state index contributed by atoms with van der Waals surface area (Å²) in [5, 5.41) is 7.54. The number of rotatable bonds is 7. The Morgan fingerprint density at radius 3 is 2.94 bits per heavy atom. The molecular formula is C11H21N3OS. The number of aryl methyl sites for hydroxylation is 1. The van der Waals surface area contributed by atoms with Crippen LogP contribution in [0.2, 0.25) is 0 Å². The highest BCUT2D eigenvalue weighted by Crippen LogP contribution is 2.26. The molecule has 5 heteroatoms. The fraction of sp³-hybridized carbons (Fsp3) is 0.727. The van der Waals surface area contributed by atoms with E-state index in [1.807, 2.05) is 30.5 Å². The summed E-state index contributed by atoms with van der Waals surface area (Å²) in [6, 6.07) is 0.291. The lowest BCUT2D eigenvalue weighted by molar-refractivity contribution is 0.401. The van der Waals surface area contributed by atoms with Gasteiger partial charge in [0.1, 0.15) is 0 Å². The molecule has 1 atom stereocenters. The Morgan fingerprint density at radius 1 is 1.62 bits per heavy atom. The van der Waals surface area contributed by atoms with E-state index in [0.717, 1.165) is 17.2 Å². The Morgan fingerprint density at radius 2 is 2.38 bits per heavy atom. The van der Waals surface area contributed by atoms with Crippen LogP contribution in [0.1, 0.15) is 25.1 Å². The minimum Gasteiger partial charge on any atom is -0.493 e. The number of aromatic nitrogens is 2. The van der Waals surface area contributed by atoms with Gasteiger partial charge in [-0.25, -0.2) is 0 Å². The molecule has 92 valence electrons. The van der Waals surface area contributed by atoms with Crippen LogP contribution in [0.4, 0.5) is 0 Å². The maximum Gasteiger partial charge on any atom is 0.161 e. The average molecular weight is 243 g/mol. The van der Waals surface area contributed by atoms with Gasteiger partial charge in [-0.15, -0.1) is 0 Å². The Kier molecular flexibility index (Phi) is 5.69. The number of methoxy groups -OCH3 is 1. The van der Waals surface area contributed by atoms with E-state index >= 15 is 0 Å². The molecule has 1 N–H and O–H groups in total. The van der Waals surface area contributed by atoms with Crippen molar-refractivity contribution in [1.82, 2.24) is 15.1 Å². The third-order valence-electron chi connectivity index (χ3n) is 2.48. The van der Waals surface area contributed by atoms with E-state index in [2.05, 4.69) is 17.3 Å². The van der Waals surface area contributed by atoms with Crippen molar-refractivity contribution in [3.63, 3.8) is 0 Å². The Bertz CT molecular complexity index is 314. The number of nitrogens with one attached hydrogen (secondary N) is 1. The number of thioether (sulfide) groups is 1. The molecule has 4 nitrogen and oxygen atoms in total. The van der Waals surface area contributed by atoms with Crippen molar-refractivity contribution >= 4 is 11.8 Å². The summed E-state index contributed by atoms with van der Waals surface area (Å²) >= 11 is 1.95. The highest BCUT2D eigenvalue weighted by molar-refractivity contribution is 7.99. The molecule has 0 aliphatic heterocycles. The summed E-state index contributed by atoms with van der Waals surface area (Å²) in [7, 11) is 5.61. The lowest BCUT2D eigenvalue weighted by Gasteiger charge is -2.17. The number of ether oxygens (including phenoxy) is 1. The predicted octanol–water partition coefficient (Wildman–Crippen LogP) is 1.83. The molecule has 0 aliphatic carbocycles. The maximum absolute atomic E-state index is 5.32. The monoisotopic (exact) mass is 243 g/mol. The van der Waals surface area contributed by atoms with E-state index in [4.69, 9.17) is 4.74 Å². The van der Waals surface area contributed by atoms with Gasteiger partial charge in [-0.1, -0.05) is 6.92 Å². The van der Waals surface area contributed by atoms with E-state index in [1.165, 1.54) is 12.2 Å². The van der Waals surface area contributed by atoms with Crippen LogP contribution in [0.15, 0.2) is 6.20 Å². The van der Waals surface area contributed by atoms with Crippen molar-refractivity contribution in [2.75, 3.05) is 25.7 Å². The minimum absolute atomic E-state index is 0.291. The maximum atomic E-state index is 5.32. The van der Waals surface area contributed by atoms with Gasteiger partial charge in [-0.3, -0.25) is 4.68 Å². The molecule has 1 unspecified atom stereocenters. The molecule has 0 spiro atoms. The fourth-order valence-electron chi connectivity index (χ4n) is 1.63. The molecular weight excluding hydrogens is 222 g/mol. The SMILES string of the molecule is CCCSCC(NC)c1c(OC)cnn1C. The van der Waals surface area contributed by atoms with Gasteiger partial charge in [0, 0.05) is 12.8 Å². The first-order valence-electron chi connectivity index (χ1n) is 5.55. The molecule has 1 aromatic heterocycles. The van der Waals surface area contributed by atoms with Gasteiger partial charge in [0.2, 0.25) is 0 Å². The molecule has 0 fully saturated rings. The van der Waals surface area contributed by atoms with Crippen LogP contribution >= 0.6 is 11.8 Å². The third kappa shape index (κ3) is 3.15. The second-order valence-electron chi connectivity index (χ2n) is 3.64. The van der Waals surface area contributed by atoms with Gasteiger partial charge in [0.05, 0.1) is 25.0 Å². The fourth-order valence-corrected chi connectivity index (χ4v) is 2.64. The van der Waals surface area contributed by atoms with Crippen molar-refractivity contribution in [3.05, 3.63) is 11.9 Å². The second-order valence-corrected chi connectivity index (χ2v) is 4.79. The molecule has 1 aromatic rings. The van der Waals surface area contributed by atoms with Crippen molar-refractivity contribution in [2.45, 2.75) is 19.4 Å². The van der Waals surface area contributed by atoms with Crippen molar-refractivity contribution in [2.24, 2.45) is 7.05 Å². The summed E-state index contributed by atoms with van der Waals surface area (Å²) in [6.45, 7) is 2.20. The largest absolute Gasteiger partial charge is 0.493 e. The minimum atomic E-state index is 0.291. The van der Waals surface area contributed by atoms with Crippen LogP contribution < -0.4 is 10.1 Å². The number of nitrogens with zero attached hydrogens (tertiary/aromatic N) is 2. The van der Waals surface area contributed by atoms with Crippen LogP contribution in [0.25, 0.3) is 0 Å². The molecule has 16 heavy (non-hydrogen) atoms. The van der Waals surface area contributed by atoms with Gasteiger partial charge < -0.3 is 10.1 Å². The summed E-state index contributed by atoms with van der Waals surface area (Å²) < 4.78 is 7.20. The van der Waals surface area contributed by atoms with E-state index in [0.29, 0.717) is 6.04 Å². The molecule has 0 saturated carbocycles. The molecule has 0 bridgehead atoms. The Balaban J connectivity index is 2.73. The first-order valence-corrected chi connectivity index (χ1v) is 6.70. The zero-order valence-corrected chi connectivity index (χ0v) is 11.3. The van der Waals surface area contributed by atoms with Crippen molar-refractivity contribution in [3.8, 4) is 5.75 Å². The van der Waals surface area contributed by atoms with Crippen LogP contribution in [0.3, 0.4) is 0 Å². The van der Waals surface area contributed by atoms with Gasteiger partial charge in [-0.05, 0) is 19.2 Å². The molecule has 0 aromatic carbocycles. The quantitative estimate of drug-likeness (QED) is 0.742. The lowest BCUT2D eigenvalue weighted by atomic mass is 10.2. The van der Waals surface area contributed by atoms with Gasteiger partial charge in [-0.2, -0.15) is 16.9 Å². The van der Waals surface area contributed by atoms with Gasteiger partial charge in [0.15, 0.2) is 5.75 Å². The predicted molar refractivity (Wildman–Crippen MR) is 69.2 cm³/mol. The van der Waals surface area contributed by atoms with Gasteiger partial charge in [0.25, 0.3) is 0 Å². The molecule has 0 radical (unpaired) electrons.